The number of fused-ring (bicyclic) bond motifs is 1. The number of rotatable bonds is 7. The lowest BCUT2D eigenvalue weighted by Crippen LogP contribution is -3.00. The summed E-state index contributed by atoms with van der Waals surface area (Å²) in [6.07, 6.45) is -0.447. The van der Waals surface area contributed by atoms with Gasteiger partial charge in [0.25, 0.3) is 0 Å². The first-order valence-electron chi connectivity index (χ1n) is 8.33. The molecule has 2 aliphatic rings. The van der Waals surface area contributed by atoms with Crippen LogP contribution in [0, 0.1) is 0 Å². The molecule has 1 N–H and O–H groups in total. The largest absolute Gasteiger partial charge is 1.00 e. The van der Waals surface area contributed by atoms with Crippen LogP contribution in [-0.4, -0.2) is 73.7 Å². The molecule has 2 heterocycles. The maximum atomic E-state index is 10.1. The fourth-order valence-corrected chi connectivity index (χ4v) is 2.98. The van der Waals surface area contributed by atoms with E-state index in [0.29, 0.717) is 19.8 Å². The third-order valence-corrected chi connectivity index (χ3v) is 4.40. The number of nitrogens with zero attached hydrogens (tertiary/aromatic N) is 2. The predicted octanol–water partition coefficient (Wildman–Crippen LogP) is -5.06. The van der Waals surface area contributed by atoms with Crippen molar-refractivity contribution in [1.29, 1.82) is 0 Å². The van der Waals surface area contributed by atoms with Crippen molar-refractivity contribution in [2.24, 2.45) is 0 Å². The van der Waals surface area contributed by atoms with Crippen LogP contribution in [-0.2, 0) is 11.3 Å². The number of piperazine rings is 1. The summed E-state index contributed by atoms with van der Waals surface area (Å²) in [7, 11) is 0. The SMILES string of the molecule is CCN1CCN(CC(O)COCc2ccc3c(c2)OCO3)CC1.[Cl-].[Cl-]. The minimum atomic E-state index is -0.447. The first-order chi connectivity index (χ1) is 11.2. The number of aliphatic hydroxyl groups excluding tert-OH is 1. The summed E-state index contributed by atoms with van der Waals surface area (Å²) in [4.78, 5) is 4.74. The lowest BCUT2D eigenvalue weighted by Gasteiger charge is -2.34. The Morgan fingerprint density at radius 3 is 2.48 bits per heavy atom. The highest BCUT2D eigenvalue weighted by molar-refractivity contribution is 5.44. The van der Waals surface area contributed by atoms with Gasteiger partial charge in [0.1, 0.15) is 0 Å². The lowest BCUT2D eigenvalue weighted by atomic mass is 10.2. The van der Waals surface area contributed by atoms with Gasteiger partial charge in [-0.1, -0.05) is 13.0 Å². The van der Waals surface area contributed by atoms with Crippen LogP contribution >= 0.6 is 0 Å². The van der Waals surface area contributed by atoms with E-state index in [0.717, 1.165) is 49.8 Å². The van der Waals surface area contributed by atoms with Crippen molar-refractivity contribution in [3.8, 4) is 11.5 Å². The first kappa shape index (κ1) is 22.3. The van der Waals surface area contributed by atoms with Gasteiger partial charge < -0.3 is 49.0 Å². The molecule has 0 amide bonds. The average molecular weight is 393 g/mol. The Bertz CT molecular complexity index is 513. The zero-order valence-corrected chi connectivity index (χ0v) is 16.0. The van der Waals surface area contributed by atoms with Crippen molar-refractivity contribution in [1.82, 2.24) is 9.80 Å². The molecule has 0 spiro atoms. The van der Waals surface area contributed by atoms with E-state index in [-0.39, 0.29) is 31.6 Å². The van der Waals surface area contributed by atoms with Crippen LogP contribution in [0.25, 0.3) is 0 Å². The molecule has 0 aromatic heterocycles. The van der Waals surface area contributed by atoms with Gasteiger partial charge in [0, 0.05) is 32.7 Å². The average Bonchev–Trinajstić information content (AvgIpc) is 3.03. The summed E-state index contributed by atoms with van der Waals surface area (Å²) in [5.41, 5.74) is 1.03. The van der Waals surface area contributed by atoms with Crippen LogP contribution < -0.4 is 34.3 Å². The quantitative estimate of drug-likeness (QED) is 0.501. The molecule has 1 saturated heterocycles. The zero-order valence-electron chi connectivity index (χ0n) is 14.5. The van der Waals surface area contributed by atoms with Crippen molar-refractivity contribution in [3.63, 3.8) is 0 Å². The third-order valence-electron chi connectivity index (χ3n) is 4.40. The molecular formula is C17H26Cl2N2O4-2. The van der Waals surface area contributed by atoms with Crippen molar-refractivity contribution in [2.75, 3.05) is 52.7 Å². The summed E-state index contributed by atoms with van der Waals surface area (Å²) in [5.74, 6) is 1.54. The van der Waals surface area contributed by atoms with E-state index in [2.05, 4.69) is 16.7 Å². The topological polar surface area (TPSA) is 54.4 Å². The molecule has 0 radical (unpaired) electrons. The van der Waals surface area contributed by atoms with Gasteiger partial charge >= 0.3 is 0 Å². The Balaban J connectivity index is 0.00000156. The second-order valence-corrected chi connectivity index (χ2v) is 6.09. The normalized spacial score (nSPS) is 18.3. The predicted molar refractivity (Wildman–Crippen MR) is 86.8 cm³/mol. The van der Waals surface area contributed by atoms with Gasteiger partial charge in [0.2, 0.25) is 6.79 Å². The van der Waals surface area contributed by atoms with E-state index < -0.39 is 6.10 Å². The fraction of sp³-hybridized carbons (Fsp3) is 0.647. The highest BCUT2D eigenvalue weighted by Gasteiger charge is 2.18. The Labute approximate surface area is 161 Å². The molecule has 0 saturated carbocycles. The van der Waals surface area contributed by atoms with E-state index in [1.165, 1.54) is 0 Å². The number of hydrogen-bond donors (Lipinski definition) is 1. The number of likely N-dealkylation sites (N-methyl/N-ethyl adjacent to an activating group) is 1. The Kier molecular flexibility index (Phi) is 9.86. The minimum absolute atomic E-state index is 0. The maximum absolute atomic E-state index is 10.1. The molecule has 0 bridgehead atoms. The monoisotopic (exact) mass is 392 g/mol. The van der Waals surface area contributed by atoms with E-state index in [1.807, 2.05) is 18.2 Å². The molecular weight excluding hydrogens is 367 g/mol. The zero-order chi connectivity index (χ0) is 16.1. The highest BCUT2D eigenvalue weighted by atomic mass is 35.5. The van der Waals surface area contributed by atoms with Gasteiger partial charge in [0.15, 0.2) is 11.5 Å². The van der Waals surface area contributed by atoms with Crippen LogP contribution in [0.4, 0.5) is 0 Å². The molecule has 1 aromatic rings. The van der Waals surface area contributed by atoms with Crippen molar-refractivity contribution in [2.45, 2.75) is 19.6 Å². The fourth-order valence-electron chi connectivity index (χ4n) is 2.98. The number of ether oxygens (including phenoxy) is 3. The number of halogens is 2. The van der Waals surface area contributed by atoms with Gasteiger partial charge in [-0.3, -0.25) is 4.90 Å². The molecule has 2 aliphatic heterocycles. The Morgan fingerprint density at radius 1 is 1.08 bits per heavy atom. The molecule has 0 aliphatic carbocycles. The summed E-state index contributed by atoms with van der Waals surface area (Å²) < 4.78 is 16.3. The van der Waals surface area contributed by atoms with Crippen LogP contribution in [0.3, 0.4) is 0 Å². The van der Waals surface area contributed by atoms with Gasteiger partial charge in [-0.2, -0.15) is 0 Å². The molecule has 1 fully saturated rings. The molecule has 8 heteroatoms. The first-order valence-corrected chi connectivity index (χ1v) is 8.33. The van der Waals surface area contributed by atoms with Gasteiger partial charge in [-0.05, 0) is 24.2 Å². The summed E-state index contributed by atoms with van der Waals surface area (Å²) >= 11 is 0. The number of hydrogen-bond acceptors (Lipinski definition) is 6. The van der Waals surface area contributed by atoms with E-state index >= 15 is 0 Å². The van der Waals surface area contributed by atoms with Crippen molar-refractivity contribution < 1.29 is 44.1 Å². The molecule has 1 aromatic carbocycles. The summed E-state index contributed by atoms with van der Waals surface area (Å²) in [6.45, 7) is 9.29. The summed E-state index contributed by atoms with van der Waals surface area (Å²) in [5, 5.41) is 10.1. The van der Waals surface area contributed by atoms with E-state index in [1.54, 1.807) is 0 Å². The molecule has 25 heavy (non-hydrogen) atoms. The second kappa shape index (κ2) is 11.1. The van der Waals surface area contributed by atoms with Crippen molar-refractivity contribution in [3.05, 3.63) is 23.8 Å². The molecule has 144 valence electrons. The third kappa shape index (κ3) is 6.47. The maximum Gasteiger partial charge on any atom is 0.231 e. The standard InChI is InChI=1S/C17H26N2O4.2ClH/c1-2-18-5-7-19(8-6-18)10-15(20)12-21-11-14-3-4-16-17(9-14)23-13-22-16;;/h3-4,9,15,20H,2,5-8,10-13H2,1H3;2*1H/p-2. The van der Waals surface area contributed by atoms with Crippen LogP contribution in [0.2, 0.25) is 0 Å². The lowest BCUT2D eigenvalue weighted by molar-refractivity contribution is -0.001000. The molecule has 6 nitrogen and oxygen atoms in total. The van der Waals surface area contributed by atoms with Crippen LogP contribution in [0.1, 0.15) is 12.5 Å². The highest BCUT2D eigenvalue weighted by Crippen LogP contribution is 2.32. The molecule has 1 atom stereocenters. The van der Waals surface area contributed by atoms with E-state index in [9.17, 15) is 5.11 Å². The van der Waals surface area contributed by atoms with Gasteiger partial charge in [-0.25, -0.2) is 0 Å². The number of β-amino-alcohol motifs (C(OH)–C–C–N with tert-alkyl or cyclic N) is 1. The molecule has 3 rings (SSSR count). The van der Waals surface area contributed by atoms with Gasteiger partial charge in [0.05, 0.1) is 19.3 Å². The molecule has 1 unspecified atom stereocenters. The Morgan fingerprint density at radius 2 is 1.76 bits per heavy atom. The van der Waals surface area contributed by atoms with Gasteiger partial charge in [-0.15, -0.1) is 0 Å². The second-order valence-electron chi connectivity index (χ2n) is 6.09. The Hall–Kier alpha value is -0.760. The van der Waals surface area contributed by atoms with Crippen LogP contribution in [0.5, 0.6) is 11.5 Å². The summed E-state index contributed by atoms with van der Waals surface area (Å²) in [6, 6.07) is 5.78. The number of aliphatic hydroxyl groups is 1. The smallest absolute Gasteiger partial charge is 0.231 e. The van der Waals surface area contributed by atoms with E-state index in [4.69, 9.17) is 14.2 Å². The van der Waals surface area contributed by atoms with Crippen LogP contribution in [0.15, 0.2) is 18.2 Å². The number of benzene rings is 1. The van der Waals surface area contributed by atoms with Crippen molar-refractivity contribution >= 4 is 0 Å². The minimum Gasteiger partial charge on any atom is -1.00 e.